The summed E-state index contributed by atoms with van der Waals surface area (Å²) >= 11 is 1.00. The van der Waals surface area contributed by atoms with Gasteiger partial charge < -0.3 is 0 Å². The number of rotatable bonds is 3. The first kappa shape index (κ1) is 22.0. The monoisotopic (exact) mass is 556 g/mol. The Labute approximate surface area is 193 Å². The number of ether oxygens (including phenoxy) is 1. The molecule has 0 bridgehead atoms. The molecule has 1 nitrogen and oxygen atoms in total. The molecular weight excluding hydrogens is 531 g/mol. The third kappa shape index (κ3) is 6.40. The van der Waals surface area contributed by atoms with Crippen molar-refractivity contribution >= 4 is 14.0 Å². The molecule has 0 saturated heterocycles. The molecule has 5 rings (SSSR count). The van der Waals surface area contributed by atoms with E-state index in [1.165, 1.54) is 25.2 Å². The number of para-hydroxylation sites is 1. The van der Waals surface area contributed by atoms with Crippen LogP contribution in [0.4, 0.5) is 0 Å². The first-order valence-electron chi connectivity index (χ1n) is 9.89. The van der Waals surface area contributed by atoms with E-state index >= 15 is 0 Å². The van der Waals surface area contributed by atoms with Gasteiger partial charge in [0.2, 0.25) is 0 Å². The summed E-state index contributed by atoms with van der Waals surface area (Å²) in [5.74, 6) is 0.955. The van der Waals surface area contributed by atoms with Gasteiger partial charge in [-0.3, -0.25) is 6.08 Å². The Balaban J connectivity index is 0.000000151. The standard InChI is InChI=1S/C14H12O.C9H7.C5H5.Hf/c1-15-14-10-6-5-9-13(14)11-12-7-3-2-4-8-12;1-2-5-9-7-3-6-8(9)4-1;1-2-4-5-3-1;/h2-10H,1H3;1-7H;1-3H,4H2;/q;2*-1;+2. The molecule has 1 aliphatic carbocycles. The predicted octanol–water partition coefficient (Wildman–Crippen LogP) is 6.68. The van der Waals surface area contributed by atoms with Gasteiger partial charge in [-0.1, -0.05) is 6.07 Å². The first-order chi connectivity index (χ1) is 14.8. The van der Waals surface area contributed by atoms with Crippen LogP contribution in [0.3, 0.4) is 0 Å². The Morgan fingerprint density at radius 1 is 0.900 bits per heavy atom. The molecule has 1 aliphatic rings. The van der Waals surface area contributed by atoms with Gasteiger partial charge in [-0.2, -0.15) is 23.6 Å². The smallest absolute Gasteiger partial charge is 0.0809 e. The van der Waals surface area contributed by atoms with E-state index in [1.807, 2.05) is 30.4 Å². The minimum atomic E-state index is 0.955. The zero-order chi connectivity index (χ0) is 21.0. The Kier molecular flexibility index (Phi) is 8.86. The fourth-order valence-electron chi connectivity index (χ4n) is 3.02. The number of allylic oxidation sites excluding steroid dienone is 4. The maximum Gasteiger partial charge on any atom is -0.0809 e. The predicted molar refractivity (Wildman–Crippen MR) is 124 cm³/mol. The largest absolute Gasteiger partial charge is 0.273 e. The molecule has 30 heavy (non-hydrogen) atoms. The van der Waals surface area contributed by atoms with E-state index in [-0.39, 0.29) is 0 Å². The third-order valence-electron chi connectivity index (χ3n) is 4.57. The molecule has 0 fully saturated rings. The van der Waals surface area contributed by atoms with Crippen LogP contribution in [0.1, 0.15) is 17.5 Å². The molecular formula is C28H24HfO. The Morgan fingerprint density at radius 3 is 2.30 bits per heavy atom. The summed E-state index contributed by atoms with van der Waals surface area (Å²) in [6, 6.07) is 33.3. The topological polar surface area (TPSA) is 9.23 Å². The molecule has 0 aromatic heterocycles. The van der Waals surface area contributed by atoms with Gasteiger partial charge in [0.05, 0.1) is 0 Å². The minimum Gasteiger partial charge on any atom is -0.273 e. The van der Waals surface area contributed by atoms with E-state index in [9.17, 15) is 0 Å². The molecule has 0 unspecified atom stereocenters. The van der Waals surface area contributed by atoms with Gasteiger partial charge in [0, 0.05) is 0 Å². The van der Waals surface area contributed by atoms with E-state index in [0.717, 1.165) is 36.1 Å². The minimum absolute atomic E-state index is 0.955. The number of hydrogen-bond donors (Lipinski definition) is 0. The molecule has 4 aromatic rings. The van der Waals surface area contributed by atoms with Crippen molar-refractivity contribution in [1.82, 2.24) is 0 Å². The number of methoxy groups -OCH3 is 1. The van der Waals surface area contributed by atoms with Gasteiger partial charge in [-0.25, -0.2) is 12.2 Å². The normalized spacial score (nSPS) is 11.3. The van der Waals surface area contributed by atoms with E-state index in [2.05, 4.69) is 91.0 Å². The summed E-state index contributed by atoms with van der Waals surface area (Å²) in [5, 5.41) is 2.66. The summed E-state index contributed by atoms with van der Waals surface area (Å²) in [5.41, 5.74) is 2.50. The van der Waals surface area contributed by atoms with Gasteiger partial charge >= 0.3 is 110 Å². The maximum atomic E-state index is 5.39. The molecule has 0 spiro atoms. The zero-order valence-corrected chi connectivity index (χ0v) is 20.7. The molecule has 0 atom stereocenters. The summed E-state index contributed by atoms with van der Waals surface area (Å²) in [6.07, 6.45) is 10.0. The van der Waals surface area contributed by atoms with Crippen LogP contribution in [0, 0.1) is 6.08 Å². The summed E-state index contributed by atoms with van der Waals surface area (Å²) < 4.78 is 6.76. The second kappa shape index (κ2) is 12.1. The van der Waals surface area contributed by atoms with E-state index < -0.39 is 0 Å². The van der Waals surface area contributed by atoms with Gasteiger partial charge in [0.1, 0.15) is 0 Å². The average Bonchev–Trinajstić information content (AvgIpc) is 3.55. The van der Waals surface area contributed by atoms with Crippen molar-refractivity contribution in [3.63, 3.8) is 0 Å². The molecule has 0 aliphatic heterocycles. The van der Waals surface area contributed by atoms with Crippen LogP contribution in [-0.4, -0.2) is 10.4 Å². The molecule has 146 valence electrons. The number of hydrogen-bond acceptors (Lipinski definition) is 1. The van der Waals surface area contributed by atoms with E-state index in [1.54, 1.807) is 7.11 Å². The van der Waals surface area contributed by atoms with E-state index in [4.69, 9.17) is 4.74 Å². The van der Waals surface area contributed by atoms with Crippen LogP contribution in [0.15, 0.2) is 115 Å². The number of benzene rings is 3. The van der Waals surface area contributed by atoms with Gasteiger partial charge in [-0.05, 0) is 0 Å². The van der Waals surface area contributed by atoms with Crippen molar-refractivity contribution in [1.29, 1.82) is 0 Å². The SMILES string of the molecule is COc1ccccc1[C](=[Hf+2])c1ccccc1.[C-]1=CC=CC1.c1ccc2[cH-]ccc2c1. The van der Waals surface area contributed by atoms with E-state index in [0.29, 0.717) is 0 Å². The summed E-state index contributed by atoms with van der Waals surface area (Å²) in [6.45, 7) is 0. The Bertz CT molecular complexity index is 1080. The Hall–Kier alpha value is -2.71. The molecule has 0 N–H and O–H groups in total. The van der Waals surface area contributed by atoms with Crippen molar-refractivity contribution in [2.24, 2.45) is 0 Å². The van der Waals surface area contributed by atoms with Crippen molar-refractivity contribution in [3.8, 4) is 5.75 Å². The molecule has 0 heterocycles. The molecule has 0 amide bonds. The second-order valence-electron chi connectivity index (χ2n) is 6.60. The van der Waals surface area contributed by atoms with Crippen LogP contribution in [-0.2, 0) is 23.9 Å². The molecule has 2 heteroatoms. The fraction of sp³-hybridized carbons (Fsp3) is 0.0714. The van der Waals surface area contributed by atoms with Gasteiger partial charge in [-0.15, -0.1) is 36.1 Å². The van der Waals surface area contributed by atoms with Crippen molar-refractivity contribution in [3.05, 3.63) is 132 Å². The molecule has 0 saturated carbocycles. The van der Waals surface area contributed by atoms with Gasteiger partial charge in [0.25, 0.3) is 0 Å². The summed E-state index contributed by atoms with van der Waals surface area (Å²) in [4.78, 5) is 0. The maximum absolute atomic E-state index is 5.39. The van der Waals surface area contributed by atoms with Crippen LogP contribution < -0.4 is 4.74 Å². The zero-order valence-electron chi connectivity index (χ0n) is 17.1. The quantitative estimate of drug-likeness (QED) is 0.203. The molecule has 4 aromatic carbocycles. The van der Waals surface area contributed by atoms with Crippen LogP contribution in [0.5, 0.6) is 5.75 Å². The first-order valence-corrected chi connectivity index (χ1v) is 11.7. The third-order valence-corrected chi connectivity index (χ3v) is 6.58. The van der Waals surface area contributed by atoms with Gasteiger partial charge in [0.15, 0.2) is 0 Å². The summed E-state index contributed by atoms with van der Waals surface area (Å²) in [7, 11) is 1.72. The van der Waals surface area contributed by atoms with Crippen molar-refractivity contribution in [2.75, 3.05) is 7.11 Å². The fourth-order valence-corrected chi connectivity index (χ4v) is 4.36. The van der Waals surface area contributed by atoms with Crippen LogP contribution >= 0.6 is 0 Å². The average molecular weight is 555 g/mol. The van der Waals surface area contributed by atoms with Crippen molar-refractivity contribution in [2.45, 2.75) is 6.42 Å². The van der Waals surface area contributed by atoms with Crippen LogP contribution in [0.2, 0.25) is 0 Å². The number of fused-ring (bicyclic) bond motifs is 1. The second-order valence-corrected chi connectivity index (χ2v) is 8.40. The Morgan fingerprint density at radius 2 is 1.63 bits per heavy atom. The molecule has 0 radical (unpaired) electrons. The van der Waals surface area contributed by atoms with Crippen LogP contribution in [0.25, 0.3) is 10.8 Å². The van der Waals surface area contributed by atoms with Crippen molar-refractivity contribution < 1.29 is 28.6 Å².